The number of benzene rings is 3. The molecule has 0 saturated carbocycles. The maximum absolute atomic E-state index is 15.2. The van der Waals surface area contributed by atoms with Gasteiger partial charge in [0.15, 0.2) is 16.6 Å². The molecular weight excluding hydrogens is 495 g/mol. The molecule has 1 aromatic heterocycles. The number of rotatable bonds is 3. The fourth-order valence-corrected chi connectivity index (χ4v) is 6.00. The Balaban J connectivity index is 1.56. The third kappa shape index (κ3) is 3.74. The minimum absolute atomic E-state index is 0.0768. The van der Waals surface area contributed by atoms with E-state index in [2.05, 4.69) is 4.98 Å². The molecule has 3 heterocycles. The highest BCUT2D eigenvalue weighted by Gasteiger charge is 2.49. The molecule has 2 aliphatic heterocycles. The summed E-state index contributed by atoms with van der Waals surface area (Å²) in [6.07, 6.45) is 0. The van der Waals surface area contributed by atoms with E-state index in [1.54, 1.807) is 24.3 Å². The second-order valence-electron chi connectivity index (χ2n) is 8.97. The van der Waals surface area contributed by atoms with E-state index in [1.165, 1.54) is 34.4 Å². The van der Waals surface area contributed by atoms with Crippen LogP contribution in [0.4, 0.5) is 9.52 Å². The summed E-state index contributed by atoms with van der Waals surface area (Å²) in [5.41, 5.74) is 2.76. The number of carbonyl (C=O) groups is 2. The number of Topliss-reactive ketones (excluding diaryl/α,β-unsaturated/α-hetero) is 1. The minimum Gasteiger partial charge on any atom is -0.507 e. The van der Waals surface area contributed by atoms with E-state index in [4.69, 9.17) is 9.47 Å². The smallest absolute Gasteiger partial charge is 0.301 e. The Morgan fingerprint density at radius 2 is 1.81 bits per heavy atom. The van der Waals surface area contributed by atoms with Crippen LogP contribution in [-0.4, -0.2) is 35.0 Å². The Hall–Kier alpha value is -4.24. The van der Waals surface area contributed by atoms with E-state index in [1.807, 2.05) is 26.0 Å². The highest BCUT2D eigenvalue weighted by atomic mass is 32.1. The zero-order valence-corrected chi connectivity index (χ0v) is 20.8. The predicted molar refractivity (Wildman–Crippen MR) is 138 cm³/mol. The Morgan fingerprint density at radius 3 is 2.59 bits per heavy atom. The highest BCUT2D eigenvalue weighted by Crippen LogP contribution is 2.46. The van der Waals surface area contributed by atoms with Crippen molar-refractivity contribution in [3.63, 3.8) is 0 Å². The van der Waals surface area contributed by atoms with Gasteiger partial charge in [0.05, 0.1) is 15.8 Å². The van der Waals surface area contributed by atoms with Crippen LogP contribution in [0.5, 0.6) is 11.5 Å². The normalized spacial score (nSPS) is 18.6. The number of fused-ring (bicyclic) bond motifs is 2. The molecule has 37 heavy (non-hydrogen) atoms. The second kappa shape index (κ2) is 8.70. The van der Waals surface area contributed by atoms with Gasteiger partial charge in [-0.25, -0.2) is 9.37 Å². The summed E-state index contributed by atoms with van der Waals surface area (Å²) in [5.74, 6) is -1.94. The lowest BCUT2D eigenvalue weighted by atomic mass is 9.95. The van der Waals surface area contributed by atoms with Crippen LogP contribution in [0.15, 0.2) is 60.2 Å². The molecule has 1 N–H and O–H groups in total. The van der Waals surface area contributed by atoms with Crippen molar-refractivity contribution in [2.45, 2.75) is 19.9 Å². The third-order valence-corrected chi connectivity index (χ3v) is 7.49. The summed E-state index contributed by atoms with van der Waals surface area (Å²) >= 11 is 1.24. The first kappa shape index (κ1) is 23.2. The lowest BCUT2D eigenvalue weighted by molar-refractivity contribution is -0.132. The molecule has 0 aliphatic carbocycles. The van der Waals surface area contributed by atoms with Gasteiger partial charge in [0, 0.05) is 11.1 Å². The van der Waals surface area contributed by atoms with Gasteiger partial charge in [-0.15, -0.1) is 0 Å². The van der Waals surface area contributed by atoms with Crippen LogP contribution in [0.25, 0.3) is 16.0 Å². The van der Waals surface area contributed by atoms with E-state index >= 15 is 4.39 Å². The van der Waals surface area contributed by atoms with Crippen molar-refractivity contribution in [3.8, 4) is 11.5 Å². The van der Waals surface area contributed by atoms with Gasteiger partial charge in [-0.2, -0.15) is 0 Å². The number of aromatic nitrogens is 1. The van der Waals surface area contributed by atoms with Crippen LogP contribution in [0, 0.1) is 19.7 Å². The van der Waals surface area contributed by atoms with Crippen LogP contribution in [0.2, 0.25) is 0 Å². The topological polar surface area (TPSA) is 89.0 Å². The summed E-state index contributed by atoms with van der Waals surface area (Å²) in [7, 11) is 0. The molecule has 3 aromatic carbocycles. The lowest BCUT2D eigenvalue weighted by Crippen LogP contribution is -2.29. The van der Waals surface area contributed by atoms with E-state index in [0.717, 1.165) is 15.8 Å². The number of ether oxygens (including phenoxy) is 2. The molecular formula is C28H21FN2O5S. The second-order valence-corrected chi connectivity index (χ2v) is 9.98. The zero-order chi connectivity index (χ0) is 25.8. The molecule has 0 spiro atoms. The van der Waals surface area contributed by atoms with Crippen molar-refractivity contribution >= 4 is 44.1 Å². The Labute approximate surface area is 215 Å². The summed E-state index contributed by atoms with van der Waals surface area (Å²) in [6, 6.07) is 13.3. The number of hydrogen-bond donors (Lipinski definition) is 1. The molecule has 1 atom stereocenters. The van der Waals surface area contributed by atoms with Crippen LogP contribution < -0.4 is 14.4 Å². The molecule has 186 valence electrons. The van der Waals surface area contributed by atoms with Gasteiger partial charge in [0.1, 0.15) is 30.8 Å². The van der Waals surface area contributed by atoms with E-state index in [-0.39, 0.29) is 21.8 Å². The van der Waals surface area contributed by atoms with Crippen molar-refractivity contribution < 1.29 is 28.6 Å². The molecule has 7 nitrogen and oxygen atoms in total. The van der Waals surface area contributed by atoms with Crippen molar-refractivity contribution in [2.24, 2.45) is 0 Å². The lowest BCUT2D eigenvalue weighted by Gasteiger charge is -2.23. The SMILES string of the molecule is Cc1cc(C)c2nc(N3C(=O)C(=O)C(=C(O)c4ccc5c(c4)OCCO5)C3c3ccccc3F)sc2c1. The molecule has 2 aliphatic rings. The van der Waals surface area contributed by atoms with E-state index in [0.29, 0.717) is 30.2 Å². The molecule has 6 rings (SSSR count). The Morgan fingerprint density at radius 1 is 1.05 bits per heavy atom. The van der Waals surface area contributed by atoms with Gasteiger partial charge in [0.25, 0.3) is 5.78 Å². The molecule has 0 bridgehead atoms. The van der Waals surface area contributed by atoms with E-state index in [9.17, 15) is 14.7 Å². The van der Waals surface area contributed by atoms with Crippen molar-refractivity contribution in [2.75, 3.05) is 18.1 Å². The standard InChI is InChI=1S/C28H21FN2O5S/c1-14-11-15(2)23-21(12-14)37-28(30-23)31-24(17-5-3-4-6-18(17)29)22(26(33)27(31)34)25(32)16-7-8-19-20(13-16)36-10-9-35-19/h3-8,11-13,24,32H,9-10H2,1-2H3. The molecule has 1 amide bonds. The average Bonchev–Trinajstić information content (AvgIpc) is 3.42. The van der Waals surface area contributed by atoms with Gasteiger partial charge in [0.2, 0.25) is 0 Å². The quantitative estimate of drug-likeness (QED) is 0.221. The Kier molecular flexibility index (Phi) is 5.45. The number of carbonyl (C=O) groups excluding carboxylic acids is 2. The van der Waals surface area contributed by atoms with E-state index < -0.39 is 29.3 Å². The zero-order valence-electron chi connectivity index (χ0n) is 19.9. The van der Waals surface area contributed by atoms with Gasteiger partial charge in [-0.3, -0.25) is 14.5 Å². The number of hydrogen-bond acceptors (Lipinski definition) is 7. The first-order valence-corrected chi connectivity index (χ1v) is 12.5. The first-order chi connectivity index (χ1) is 17.8. The van der Waals surface area contributed by atoms with Gasteiger partial charge in [-0.05, 0) is 55.3 Å². The number of nitrogens with zero attached hydrogens (tertiary/aromatic N) is 2. The largest absolute Gasteiger partial charge is 0.507 e. The molecule has 9 heteroatoms. The number of amides is 1. The van der Waals surface area contributed by atoms with Crippen LogP contribution in [0.1, 0.15) is 28.3 Å². The van der Waals surface area contributed by atoms with Crippen molar-refractivity contribution in [1.29, 1.82) is 0 Å². The number of aliphatic hydroxyl groups is 1. The Bertz CT molecular complexity index is 1640. The molecule has 4 aromatic rings. The number of anilines is 1. The van der Waals surface area contributed by atoms with Crippen LogP contribution in [0.3, 0.4) is 0 Å². The summed E-state index contributed by atoms with van der Waals surface area (Å²) in [4.78, 5) is 32.7. The van der Waals surface area contributed by atoms with Crippen LogP contribution >= 0.6 is 11.3 Å². The molecule has 0 radical (unpaired) electrons. The number of thiazole rings is 1. The highest BCUT2D eigenvalue weighted by molar-refractivity contribution is 7.22. The number of halogens is 1. The number of ketones is 1. The summed E-state index contributed by atoms with van der Waals surface area (Å²) < 4.78 is 27.2. The molecule has 1 saturated heterocycles. The first-order valence-electron chi connectivity index (χ1n) is 11.7. The number of aryl methyl sites for hydroxylation is 2. The summed E-state index contributed by atoms with van der Waals surface area (Å²) in [6.45, 7) is 4.62. The van der Waals surface area contributed by atoms with Gasteiger partial charge >= 0.3 is 5.91 Å². The van der Waals surface area contributed by atoms with Gasteiger partial charge < -0.3 is 14.6 Å². The fourth-order valence-electron chi connectivity index (χ4n) is 4.83. The van der Waals surface area contributed by atoms with Gasteiger partial charge in [-0.1, -0.05) is 35.6 Å². The molecule has 1 unspecified atom stereocenters. The predicted octanol–water partition coefficient (Wildman–Crippen LogP) is 5.45. The number of aliphatic hydroxyl groups excluding tert-OH is 1. The average molecular weight is 517 g/mol. The maximum atomic E-state index is 15.2. The van der Waals surface area contributed by atoms with Crippen molar-refractivity contribution in [3.05, 3.63) is 88.2 Å². The fraction of sp³-hybridized carbons (Fsp3) is 0.179. The maximum Gasteiger partial charge on any atom is 0.301 e. The minimum atomic E-state index is -1.21. The molecule has 1 fully saturated rings. The van der Waals surface area contributed by atoms with Crippen LogP contribution in [-0.2, 0) is 9.59 Å². The monoisotopic (exact) mass is 516 g/mol. The summed E-state index contributed by atoms with van der Waals surface area (Å²) in [5, 5.41) is 11.6. The third-order valence-electron chi connectivity index (χ3n) is 6.48. The van der Waals surface area contributed by atoms with Crippen molar-refractivity contribution in [1.82, 2.24) is 4.98 Å².